The second-order valence-electron chi connectivity index (χ2n) is 6.00. The number of aryl methyl sites for hydroxylation is 1. The van der Waals surface area contributed by atoms with E-state index in [9.17, 15) is 4.79 Å². The number of amides is 1. The predicted molar refractivity (Wildman–Crippen MR) is 89.6 cm³/mol. The van der Waals surface area contributed by atoms with Crippen LogP contribution in [0.15, 0.2) is 54.6 Å². The fourth-order valence-corrected chi connectivity index (χ4v) is 2.51. The first kappa shape index (κ1) is 16.2. The summed E-state index contributed by atoms with van der Waals surface area (Å²) >= 11 is 0. The maximum atomic E-state index is 12.1. The molecule has 1 amide bonds. The average Bonchev–Trinajstić information content (AvgIpc) is 2.50. The molecule has 0 fully saturated rings. The number of hydrogen-bond acceptors (Lipinski definition) is 1. The van der Waals surface area contributed by atoms with Crippen molar-refractivity contribution in [2.24, 2.45) is 0 Å². The van der Waals surface area contributed by atoms with Crippen molar-refractivity contribution in [3.05, 3.63) is 71.3 Å². The summed E-state index contributed by atoms with van der Waals surface area (Å²) in [6.07, 6.45) is 0. The summed E-state index contributed by atoms with van der Waals surface area (Å²) in [6, 6.07) is 18.6. The molecule has 2 aromatic rings. The Hall–Kier alpha value is -2.13. The molecule has 0 aromatic heterocycles. The quantitative estimate of drug-likeness (QED) is 0.839. The van der Waals surface area contributed by atoms with Crippen LogP contribution >= 0.6 is 0 Å². The van der Waals surface area contributed by atoms with E-state index in [1.165, 1.54) is 16.0 Å². The third-order valence-electron chi connectivity index (χ3n) is 3.77. The minimum atomic E-state index is 0.0425. The summed E-state index contributed by atoms with van der Waals surface area (Å²) in [5.74, 6) is 0.0842. The fraction of sp³-hybridized carbons (Fsp3) is 0.316. The lowest BCUT2D eigenvalue weighted by Gasteiger charge is -2.17. The predicted octanol–water partition coefficient (Wildman–Crippen LogP) is 1.89. The van der Waals surface area contributed by atoms with Gasteiger partial charge in [0.15, 0.2) is 6.54 Å². The van der Waals surface area contributed by atoms with E-state index in [2.05, 4.69) is 36.5 Å². The molecule has 3 nitrogen and oxygen atoms in total. The second-order valence-corrected chi connectivity index (χ2v) is 6.00. The number of nitrogens with one attached hydrogen (secondary N) is 2. The molecule has 0 aliphatic carbocycles. The van der Waals surface area contributed by atoms with Crippen LogP contribution in [0.3, 0.4) is 0 Å². The van der Waals surface area contributed by atoms with Crippen molar-refractivity contribution in [2.75, 3.05) is 13.6 Å². The Kier molecular flexibility index (Phi) is 5.73. The van der Waals surface area contributed by atoms with Gasteiger partial charge in [-0.15, -0.1) is 0 Å². The zero-order chi connectivity index (χ0) is 15.9. The van der Waals surface area contributed by atoms with Gasteiger partial charge >= 0.3 is 0 Å². The molecule has 116 valence electrons. The van der Waals surface area contributed by atoms with E-state index in [1.807, 2.05) is 44.3 Å². The van der Waals surface area contributed by atoms with Gasteiger partial charge in [0.1, 0.15) is 6.54 Å². The van der Waals surface area contributed by atoms with Gasteiger partial charge in [-0.1, -0.05) is 60.2 Å². The number of carbonyl (C=O) groups excluding carboxylic acids is 1. The molecule has 1 unspecified atom stereocenters. The topological polar surface area (TPSA) is 33.5 Å². The van der Waals surface area contributed by atoms with Crippen molar-refractivity contribution < 1.29 is 9.69 Å². The summed E-state index contributed by atoms with van der Waals surface area (Å²) < 4.78 is 0. The number of carbonyl (C=O) groups is 1. The highest BCUT2D eigenvalue weighted by atomic mass is 16.2. The first-order chi connectivity index (χ1) is 10.5. The van der Waals surface area contributed by atoms with E-state index in [0.29, 0.717) is 6.54 Å². The minimum Gasteiger partial charge on any atom is -0.345 e. The summed E-state index contributed by atoms with van der Waals surface area (Å²) in [5, 5.41) is 3.06. The average molecular weight is 297 g/mol. The van der Waals surface area contributed by atoms with Crippen LogP contribution in [0.4, 0.5) is 0 Å². The number of benzene rings is 2. The van der Waals surface area contributed by atoms with Gasteiger partial charge in [0, 0.05) is 5.56 Å². The molecular weight excluding hydrogens is 272 g/mol. The summed E-state index contributed by atoms with van der Waals surface area (Å²) in [6.45, 7) is 5.43. The van der Waals surface area contributed by atoms with Crippen LogP contribution in [0.1, 0.15) is 29.7 Å². The molecule has 2 rings (SSSR count). The molecule has 22 heavy (non-hydrogen) atoms. The van der Waals surface area contributed by atoms with Gasteiger partial charge in [-0.05, 0) is 19.4 Å². The molecule has 3 heteroatoms. The van der Waals surface area contributed by atoms with Gasteiger partial charge in [-0.2, -0.15) is 0 Å². The highest BCUT2D eigenvalue weighted by molar-refractivity contribution is 5.77. The SMILES string of the molecule is Cc1ccc(C[NH+](C)CC(=O)N[C@@H](C)c2ccccc2)cc1. The molecule has 0 aliphatic heterocycles. The first-order valence-electron chi connectivity index (χ1n) is 7.76. The van der Waals surface area contributed by atoms with Crippen LogP contribution in [0.5, 0.6) is 0 Å². The minimum absolute atomic E-state index is 0.0425. The maximum Gasteiger partial charge on any atom is 0.275 e. The van der Waals surface area contributed by atoms with E-state index >= 15 is 0 Å². The molecule has 0 bridgehead atoms. The van der Waals surface area contributed by atoms with E-state index in [-0.39, 0.29) is 11.9 Å². The monoisotopic (exact) mass is 297 g/mol. The van der Waals surface area contributed by atoms with Crippen LogP contribution in [0.25, 0.3) is 0 Å². The van der Waals surface area contributed by atoms with Crippen LogP contribution in [-0.4, -0.2) is 19.5 Å². The van der Waals surface area contributed by atoms with Crippen molar-refractivity contribution in [2.45, 2.75) is 26.4 Å². The van der Waals surface area contributed by atoms with Crippen molar-refractivity contribution in [3.8, 4) is 0 Å². The normalized spacial score (nSPS) is 13.4. The van der Waals surface area contributed by atoms with Crippen molar-refractivity contribution in [1.82, 2.24) is 5.32 Å². The van der Waals surface area contributed by atoms with E-state index < -0.39 is 0 Å². The lowest BCUT2D eigenvalue weighted by molar-refractivity contribution is -0.885. The van der Waals surface area contributed by atoms with E-state index in [0.717, 1.165) is 12.1 Å². The Labute approximate surface area is 133 Å². The Balaban J connectivity index is 1.82. The lowest BCUT2D eigenvalue weighted by Crippen LogP contribution is -3.08. The molecular formula is C19H25N2O+. The molecule has 0 spiro atoms. The molecule has 0 radical (unpaired) electrons. The lowest BCUT2D eigenvalue weighted by atomic mass is 10.1. The molecule has 0 aliphatic rings. The summed E-state index contributed by atoms with van der Waals surface area (Å²) in [4.78, 5) is 13.3. The number of likely N-dealkylation sites (N-methyl/N-ethyl adjacent to an activating group) is 1. The van der Waals surface area contributed by atoms with Crippen LogP contribution in [0, 0.1) is 6.92 Å². The maximum absolute atomic E-state index is 12.1. The number of quaternary nitrogens is 1. The highest BCUT2D eigenvalue weighted by Gasteiger charge is 2.13. The molecule has 2 N–H and O–H groups in total. The van der Waals surface area contributed by atoms with E-state index in [1.54, 1.807) is 0 Å². The van der Waals surface area contributed by atoms with Crippen LogP contribution in [0.2, 0.25) is 0 Å². The Morgan fingerprint density at radius 3 is 2.36 bits per heavy atom. The van der Waals surface area contributed by atoms with Gasteiger partial charge in [-0.3, -0.25) is 4.79 Å². The number of rotatable bonds is 6. The Morgan fingerprint density at radius 2 is 1.73 bits per heavy atom. The first-order valence-corrected chi connectivity index (χ1v) is 7.76. The van der Waals surface area contributed by atoms with Crippen molar-refractivity contribution in [3.63, 3.8) is 0 Å². The van der Waals surface area contributed by atoms with Gasteiger partial charge in [0.2, 0.25) is 0 Å². The summed E-state index contributed by atoms with van der Waals surface area (Å²) in [7, 11) is 2.05. The fourth-order valence-electron chi connectivity index (χ4n) is 2.51. The van der Waals surface area contributed by atoms with Crippen LogP contribution in [-0.2, 0) is 11.3 Å². The molecule has 2 aromatic carbocycles. The van der Waals surface area contributed by atoms with Gasteiger partial charge in [-0.25, -0.2) is 0 Å². The standard InChI is InChI=1S/C19H24N2O/c1-15-9-11-17(12-10-15)13-21(3)14-19(22)20-16(2)18-7-5-4-6-8-18/h4-12,16H,13-14H2,1-3H3,(H,20,22)/p+1/t16-/m0/s1. The number of hydrogen-bond donors (Lipinski definition) is 2. The smallest absolute Gasteiger partial charge is 0.275 e. The van der Waals surface area contributed by atoms with Crippen LogP contribution < -0.4 is 10.2 Å². The largest absolute Gasteiger partial charge is 0.345 e. The molecule has 0 saturated heterocycles. The zero-order valence-corrected chi connectivity index (χ0v) is 13.6. The molecule has 2 atom stereocenters. The molecule has 0 heterocycles. The molecule has 0 saturated carbocycles. The van der Waals surface area contributed by atoms with Gasteiger partial charge in [0.25, 0.3) is 5.91 Å². The second kappa shape index (κ2) is 7.76. The van der Waals surface area contributed by atoms with E-state index in [4.69, 9.17) is 0 Å². The van der Waals surface area contributed by atoms with Crippen molar-refractivity contribution >= 4 is 5.91 Å². The van der Waals surface area contributed by atoms with Gasteiger partial charge in [0.05, 0.1) is 13.1 Å². The Bertz CT molecular complexity index is 593. The summed E-state index contributed by atoms with van der Waals surface area (Å²) in [5.41, 5.74) is 3.65. The zero-order valence-electron chi connectivity index (χ0n) is 13.6. The third-order valence-corrected chi connectivity index (χ3v) is 3.77. The van der Waals surface area contributed by atoms with Crippen molar-refractivity contribution in [1.29, 1.82) is 0 Å². The third kappa shape index (κ3) is 5.01. The van der Waals surface area contributed by atoms with Gasteiger partial charge < -0.3 is 10.2 Å². The highest BCUT2D eigenvalue weighted by Crippen LogP contribution is 2.10. The Morgan fingerprint density at radius 1 is 1.09 bits per heavy atom.